The zero-order valence-corrected chi connectivity index (χ0v) is 15.8. The zero-order chi connectivity index (χ0) is 19.2. The first-order valence-electron chi connectivity index (χ1n) is 8.25. The molecule has 2 rings (SSSR count). The number of carbonyl (C=O) groups is 2. The molecular formula is C18H22NO6P. The van der Waals surface area contributed by atoms with Crippen molar-refractivity contribution in [2.45, 2.75) is 26.6 Å². The molecule has 1 amide bonds. The van der Waals surface area contributed by atoms with Gasteiger partial charge >= 0.3 is 7.60 Å². The standard InChI is InChI=1S/C18H22NO6P/c1-4-24-26(22,25-5-2)18(19-17(21)15-7-6-12-23-15)16(20)14-10-8-13(3)9-11-14/h6-12,18H,4-5H2,1-3H3,(H,19,21)/t18-/m1/s1. The molecule has 26 heavy (non-hydrogen) atoms. The second-order valence-corrected chi connectivity index (χ2v) is 7.57. The van der Waals surface area contributed by atoms with E-state index in [1.807, 2.05) is 6.92 Å². The molecule has 0 saturated heterocycles. The normalized spacial score (nSPS) is 12.6. The maximum absolute atomic E-state index is 13.2. The monoisotopic (exact) mass is 379 g/mol. The number of aryl methyl sites for hydroxylation is 1. The van der Waals surface area contributed by atoms with Crippen LogP contribution >= 0.6 is 7.60 Å². The molecular weight excluding hydrogens is 357 g/mol. The summed E-state index contributed by atoms with van der Waals surface area (Å²) in [6.45, 7) is 5.27. The van der Waals surface area contributed by atoms with Crippen molar-refractivity contribution in [2.75, 3.05) is 13.2 Å². The Balaban J connectivity index is 2.39. The fourth-order valence-electron chi connectivity index (χ4n) is 2.31. The van der Waals surface area contributed by atoms with Gasteiger partial charge in [0.2, 0.25) is 0 Å². The lowest BCUT2D eigenvalue weighted by atomic mass is 10.1. The smallest absolute Gasteiger partial charge is 0.360 e. The van der Waals surface area contributed by atoms with Gasteiger partial charge in [-0.15, -0.1) is 0 Å². The highest BCUT2D eigenvalue weighted by atomic mass is 31.2. The van der Waals surface area contributed by atoms with Crippen molar-refractivity contribution >= 4 is 19.3 Å². The molecule has 0 radical (unpaired) electrons. The van der Waals surface area contributed by atoms with Crippen LogP contribution < -0.4 is 5.32 Å². The topological polar surface area (TPSA) is 94.8 Å². The molecule has 0 aliphatic carbocycles. The Hall–Kier alpha value is -2.21. The van der Waals surface area contributed by atoms with Crippen molar-refractivity contribution < 1.29 is 27.6 Å². The van der Waals surface area contributed by atoms with Crippen molar-refractivity contribution in [3.05, 3.63) is 59.5 Å². The number of Topliss-reactive ketones (excluding diaryl/α,β-unsaturated/α-hetero) is 1. The molecule has 2 aromatic rings. The highest BCUT2D eigenvalue weighted by molar-refractivity contribution is 7.55. The van der Waals surface area contributed by atoms with Crippen LogP contribution in [0.25, 0.3) is 0 Å². The lowest BCUT2D eigenvalue weighted by Crippen LogP contribution is -2.41. The number of furan rings is 1. The van der Waals surface area contributed by atoms with Gasteiger partial charge in [-0.2, -0.15) is 0 Å². The van der Waals surface area contributed by atoms with Gasteiger partial charge in [0, 0.05) is 5.56 Å². The molecule has 0 fully saturated rings. The van der Waals surface area contributed by atoms with Crippen LogP contribution in [0.4, 0.5) is 0 Å². The summed E-state index contributed by atoms with van der Waals surface area (Å²) >= 11 is 0. The van der Waals surface area contributed by atoms with Crippen LogP contribution in [0.2, 0.25) is 0 Å². The number of ketones is 1. The van der Waals surface area contributed by atoms with Gasteiger partial charge in [-0.05, 0) is 32.9 Å². The maximum Gasteiger partial charge on any atom is 0.360 e. The third-order valence-electron chi connectivity index (χ3n) is 3.53. The fraction of sp³-hybridized carbons (Fsp3) is 0.333. The summed E-state index contributed by atoms with van der Waals surface area (Å²) in [5.74, 6) is -2.73. The van der Waals surface area contributed by atoms with E-state index in [1.165, 1.54) is 18.4 Å². The van der Waals surface area contributed by atoms with E-state index in [-0.39, 0.29) is 19.0 Å². The van der Waals surface area contributed by atoms with Gasteiger partial charge in [0.25, 0.3) is 5.91 Å². The summed E-state index contributed by atoms with van der Waals surface area (Å²) in [7, 11) is -3.94. The molecule has 1 atom stereocenters. The Morgan fingerprint density at radius 3 is 2.23 bits per heavy atom. The number of carbonyl (C=O) groups excluding carboxylic acids is 2. The molecule has 0 bridgehead atoms. The summed E-state index contributed by atoms with van der Waals surface area (Å²) < 4.78 is 28.8. The van der Waals surface area contributed by atoms with Crippen molar-refractivity contribution in [2.24, 2.45) is 0 Å². The summed E-state index contributed by atoms with van der Waals surface area (Å²) in [6.07, 6.45) is 1.33. The largest absolute Gasteiger partial charge is 0.459 e. The van der Waals surface area contributed by atoms with Gasteiger partial charge in [-0.1, -0.05) is 29.8 Å². The third-order valence-corrected chi connectivity index (χ3v) is 5.76. The zero-order valence-electron chi connectivity index (χ0n) is 14.9. The molecule has 140 valence electrons. The quantitative estimate of drug-likeness (QED) is 0.526. The first-order chi connectivity index (χ1) is 12.4. The number of benzene rings is 1. The Labute approximate surface area is 152 Å². The van der Waals surface area contributed by atoms with E-state index >= 15 is 0 Å². The van der Waals surface area contributed by atoms with E-state index in [0.29, 0.717) is 5.56 Å². The first kappa shape index (κ1) is 20.1. The predicted octanol–water partition coefficient (Wildman–Crippen LogP) is 3.79. The summed E-state index contributed by atoms with van der Waals surface area (Å²) in [4.78, 5) is 25.4. The highest BCUT2D eigenvalue weighted by Crippen LogP contribution is 2.53. The Morgan fingerprint density at radius 2 is 1.73 bits per heavy atom. The predicted molar refractivity (Wildman–Crippen MR) is 96.3 cm³/mol. The second-order valence-electron chi connectivity index (χ2n) is 5.46. The lowest BCUT2D eigenvalue weighted by molar-refractivity contribution is 0.0849. The van der Waals surface area contributed by atoms with E-state index in [2.05, 4.69) is 5.32 Å². The average molecular weight is 379 g/mol. The molecule has 0 saturated carbocycles. The average Bonchev–Trinajstić information content (AvgIpc) is 3.14. The minimum atomic E-state index is -3.94. The molecule has 0 unspecified atom stereocenters. The summed E-state index contributed by atoms with van der Waals surface area (Å²) in [5, 5.41) is 2.45. The SMILES string of the molecule is CCOP(=O)(OCC)[C@@H](NC(=O)c1ccco1)C(=O)c1ccc(C)cc1. The fourth-order valence-corrected chi connectivity index (χ4v) is 4.12. The van der Waals surface area contributed by atoms with Crippen LogP contribution in [0.3, 0.4) is 0 Å². The first-order valence-corrected chi connectivity index (χ1v) is 9.86. The number of nitrogens with one attached hydrogen (secondary N) is 1. The van der Waals surface area contributed by atoms with Crippen molar-refractivity contribution in [1.82, 2.24) is 5.32 Å². The number of hydrogen-bond donors (Lipinski definition) is 1. The van der Waals surface area contributed by atoms with Crippen molar-refractivity contribution in [3.63, 3.8) is 0 Å². The maximum atomic E-state index is 13.2. The minimum Gasteiger partial charge on any atom is -0.459 e. The number of amides is 1. The molecule has 7 nitrogen and oxygen atoms in total. The minimum absolute atomic E-state index is 0.00810. The van der Waals surface area contributed by atoms with Crippen LogP contribution in [0.5, 0.6) is 0 Å². The van der Waals surface area contributed by atoms with Crippen molar-refractivity contribution in [1.29, 1.82) is 0 Å². The lowest BCUT2D eigenvalue weighted by Gasteiger charge is -2.25. The summed E-state index contributed by atoms with van der Waals surface area (Å²) in [5.41, 5.74) is 1.26. The van der Waals surface area contributed by atoms with Gasteiger partial charge in [-0.3, -0.25) is 14.2 Å². The van der Waals surface area contributed by atoms with Gasteiger partial charge < -0.3 is 18.8 Å². The Bertz CT molecular complexity index is 775. The van der Waals surface area contributed by atoms with Gasteiger partial charge in [0.1, 0.15) is 0 Å². The third kappa shape index (κ3) is 4.69. The highest BCUT2D eigenvalue weighted by Gasteiger charge is 2.43. The van der Waals surface area contributed by atoms with Crippen LogP contribution in [-0.2, 0) is 13.6 Å². The molecule has 0 aliphatic rings. The molecule has 1 aromatic carbocycles. The van der Waals surface area contributed by atoms with Gasteiger partial charge in [-0.25, -0.2) is 0 Å². The van der Waals surface area contributed by atoms with Crippen LogP contribution in [-0.4, -0.2) is 30.7 Å². The van der Waals surface area contributed by atoms with E-state index in [4.69, 9.17) is 13.5 Å². The van der Waals surface area contributed by atoms with Crippen LogP contribution in [0, 0.1) is 6.92 Å². The van der Waals surface area contributed by atoms with Gasteiger partial charge in [0.15, 0.2) is 17.3 Å². The van der Waals surface area contributed by atoms with E-state index < -0.39 is 25.1 Å². The molecule has 0 aliphatic heterocycles. The van der Waals surface area contributed by atoms with E-state index in [0.717, 1.165) is 5.56 Å². The van der Waals surface area contributed by atoms with Crippen LogP contribution in [0.1, 0.15) is 40.3 Å². The molecule has 8 heteroatoms. The number of rotatable bonds is 9. The number of hydrogen-bond acceptors (Lipinski definition) is 6. The molecule has 1 N–H and O–H groups in total. The Morgan fingerprint density at radius 1 is 1.12 bits per heavy atom. The summed E-state index contributed by atoms with van der Waals surface area (Å²) in [6, 6.07) is 9.69. The van der Waals surface area contributed by atoms with E-state index in [9.17, 15) is 14.2 Å². The second kappa shape index (κ2) is 8.94. The van der Waals surface area contributed by atoms with Crippen LogP contribution in [0.15, 0.2) is 47.1 Å². The molecule has 0 spiro atoms. The van der Waals surface area contributed by atoms with E-state index in [1.54, 1.807) is 38.1 Å². The van der Waals surface area contributed by atoms with Gasteiger partial charge in [0.05, 0.1) is 19.5 Å². The molecule has 1 heterocycles. The van der Waals surface area contributed by atoms with Crippen molar-refractivity contribution in [3.8, 4) is 0 Å². The Kier molecular flexibility index (Phi) is 6.91. The molecule has 1 aromatic heterocycles.